The monoisotopic (exact) mass is 380 g/mol. The quantitative estimate of drug-likeness (QED) is 0.689. The van der Waals surface area contributed by atoms with E-state index in [0.717, 1.165) is 12.0 Å². The maximum atomic E-state index is 13.2. The van der Waals surface area contributed by atoms with Crippen molar-refractivity contribution < 1.29 is 38.4 Å². The molecule has 1 aromatic carbocycles. The van der Waals surface area contributed by atoms with E-state index in [1.807, 2.05) is 0 Å². The number of hydrogen-bond donors (Lipinski definition) is 1. The number of nitrogens with zero attached hydrogens (tertiary/aromatic N) is 2. The summed E-state index contributed by atoms with van der Waals surface area (Å²) in [6, 6.07) is 3.08. The second-order valence-corrected chi connectivity index (χ2v) is 6.02. The summed E-state index contributed by atoms with van der Waals surface area (Å²) < 4.78 is 20.3. The van der Waals surface area contributed by atoms with Gasteiger partial charge in [-0.1, -0.05) is 0 Å². The van der Waals surface area contributed by atoms with Crippen LogP contribution in [0.4, 0.5) is 5.69 Å². The van der Waals surface area contributed by atoms with Gasteiger partial charge >= 0.3 is 11.9 Å². The first-order valence-electron chi connectivity index (χ1n) is 8.16. The highest BCUT2D eigenvalue weighted by Crippen LogP contribution is 2.45. The molecule has 2 aliphatic rings. The molecule has 1 N–H and O–H groups in total. The van der Waals surface area contributed by atoms with E-state index >= 15 is 0 Å². The highest BCUT2D eigenvalue weighted by Gasteiger charge is 2.57. The lowest BCUT2D eigenvalue weighted by molar-refractivity contribution is -0.161. The smallest absolute Gasteiger partial charge is 0.353 e. The number of fused-ring (bicyclic) bond motifs is 2. The molecule has 1 unspecified atom stereocenters. The van der Waals surface area contributed by atoms with Gasteiger partial charge in [0.2, 0.25) is 12.5 Å². The number of β-amino-alcohol motifs (C(OH)–C–C–N with tert-alkyl or cyclic N) is 1. The van der Waals surface area contributed by atoms with Gasteiger partial charge in [0.25, 0.3) is 5.91 Å². The third kappa shape index (κ3) is 2.72. The molecule has 1 atom stereocenters. The molecule has 3 rings (SSSR count). The first-order valence-corrected chi connectivity index (χ1v) is 8.16. The molecule has 0 saturated carbocycles. The van der Waals surface area contributed by atoms with Gasteiger partial charge in [0.05, 0.1) is 38.5 Å². The zero-order valence-electron chi connectivity index (χ0n) is 15.2. The van der Waals surface area contributed by atoms with Gasteiger partial charge in [-0.2, -0.15) is 0 Å². The summed E-state index contributed by atoms with van der Waals surface area (Å²) in [5.74, 6) is -1.28. The summed E-state index contributed by atoms with van der Waals surface area (Å²) in [7, 11) is 3.89. The normalized spacial score (nSPS) is 20.4. The Balaban J connectivity index is 2.22. The molecule has 1 amide bonds. The van der Waals surface area contributed by atoms with Crippen LogP contribution in [0.5, 0.6) is 11.5 Å². The molecule has 0 aromatic heterocycles. The maximum absolute atomic E-state index is 13.2. The van der Waals surface area contributed by atoms with Gasteiger partial charge in [0.15, 0.2) is 11.5 Å². The third-order valence-corrected chi connectivity index (χ3v) is 4.78. The van der Waals surface area contributed by atoms with Gasteiger partial charge in [0, 0.05) is 19.7 Å². The van der Waals surface area contributed by atoms with E-state index < -0.39 is 36.5 Å². The Bertz CT molecular complexity index is 795. The van der Waals surface area contributed by atoms with Crippen LogP contribution >= 0.6 is 0 Å². The Morgan fingerprint density at radius 2 is 1.89 bits per heavy atom. The van der Waals surface area contributed by atoms with Crippen molar-refractivity contribution in [2.75, 3.05) is 46.1 Å². The molecule has 10 heteroatoms. The van der Waals surface area contributed by atoms with Crippen LogP contribution in [0, 0.1) is 0 Å². The first-order chi connectivity index (χ1) is 12.9. The van der Waals surface area contributed by atoms with E-state index in [1.54, 1.807) is 13.1 Å². The van der Waals surface area contributed by atoms with Crippen molar-refractivity contribution in [3.05, 3.63) is 17.7 Å². The summed E-state index contributed by atoms with van der Waals surface area (Å²) >= 11 is 0. The molecule has 0 bridgehead atoms. The van der Waals surface area contributed by atoms with Gasteiger partial charge in [0.1, 0.15) is 0 Å². The Kier molecular flexibility index (Phi) is 4.83. The second-order valence-electron chi connectivity index (χ2n) is 6.02. The van der Waals surface area contributed by atoms with Crippen LogP contribution in [0.25, 0.3) is 0 Å². The number of carbonyl (C=O) groups is 3. The van der Waals surface area contributed by atoms with Crippen molar-refractivity contribution in [2.24, 2.45) is 0 Å². The van der Waals surface area contributed by atoms with E-state index in [0.29, 0.717) is 17.2 Å². The number of aliphatic hydroxyl groups is 1. The van der Waals surface area contributed by atoms with E-state index in [1.165, 1.54) is 18.1 Å². The van der Waals surface area contributed by atoms with Crippen LogP contribution in [0.15, 0.2) is 12.1 Å². The molecular weight excluding hydrogens is 360 g/mol. The van der Waals surface area contributed by atoms with Gasteiger partial charge in [-0.25, -0.2) is 4.79 Å². The lowest BCUT2D eigenvalue weighted by atomic mass is 9.93. The molecule has 0 radical (unpaired) electrons. The van der Waals surface area contributed by atoms with Crippen molar-refractivity contribution in [2.45, 2.75) is 12.1 Å². The summed E-state index contributed by atoms with van der Waals surface area (Å²) in [5.41, 5.74) is -1.20. The SMILES string of the molecule is COC(=O)CC1(C(=O)OC)N(CCO)C(=O)c2cc3c(cc2N1C)OCO3. The largest absolute Gasteiger partial charge is 0.469 e. The molecule has 0 spiro atoms. The number of methoxy groups -OCH3 is 2. The highest BCUT2D eigenvalue weighted by atomic mass is 16.7. The average Bonchev–Trinajstić information content (AvgIpc) is 3.14. The molecule has 0 saturated heterocycles. The van der Waals surface area contributed by atoms with Crippen LogP contribution in [-0.4, -0.2) is 74.7 Å². The third-order valence-electron chi connectivity index (χ3n) is 4.78. The molecule has 0 fully saturated rings. The zero-order chi connectivity index (χ0) is 19.8. The minimum atomic E-state index is -1.82. The Morgan fingerprint density at radius 3 is 2.48 bits per heavy atom. The van der Waals surface area contributed by atoms with Crippen LogP contribution < -0.4 is 14.4 Å². The summed E-state index contributed by atoms with van der Waals surface area (Å²) in [6.07, 6.45) is -0.480. The number of aliphatic hydroxyl groups excluding tert-OH is 1. The predicted molar refractivity (Wildman–Crippen MR) is 90.5 cm³/mol. The van der Waals surface area contributed by atoms with Crippen molar-refractivity contribution in [3.63, 3.8) is 0 Å². The van der Waals surface area contributed by atoms with Crippen molar-refractivity contribution in [3.8, 4) is 11.5 Å². The maximum Gasteiger partial charge on any atom is 0.353 e. The predicted octanol–water partition coefficient (Wildman–Crippen LogP) is -0.268. The topological polar surface area (TPSA) is 115 Å². The summed E-state index contributed by atoms with van der Waals surface area (Å²) in [5, 5.41) is 9.48. The van der Waals surface area contributed by atoms with E-state index in [4.69, 9.17) is 18.9 Å². The number of hydrogen-bond acceptors (Lipinski definition) is 9. The molecule has 146 valence electrons. The first kappa shape index (κ1) is 18.8. The van der Waals surface area contributed by atoms with Gasteiger partial charge in [-0.3, -0.25) is 9.59 Å². The average molecular weight is 380 g/mol. The number of esters is 2. The van der Waals surface area contributed by atoms with Crippen LogP contribution in [-0.2, 0) is 19.1 Å². The minimum Gasteiger partial charge on any atom is -0.469 e. The minimum absolute atomic E-state index is 0.0147. The molecule has 2 heterocycles. The molecule has 27 heavy (non-hydrogen) atoms. The second kappa shape index (κ2) is 6.95. The molecule has 2 aliphatic heterocycles. The standard InChI is InChI=1S/C17H20N2O8/c1-18-11-7-13-12(26-9-27-13)6-10(11)15(22)19(4-5-20)17(18,16(23)25-3)8-14(21)24-2/h6-7,20H,4-5,8-9H2,1-3H3. The van der Waals surface area contributed by atoms with E-state index in [2.05, 4.69) is 0 Å². The number of carbonyl (C=O) groups excluding carboxylic acids is 3. The number of anilines is 1. The number of rotatable bonds is 5. The summed E-state index contributed by atoms with van der Waals surface area (Å²) in [4.78, 5) is 40.7. The number of likely N-dealkylation sites (N-methyl/N-ethyl adjacent to an activating group) is 1. The van der Waals surface area contributed by atoms with Crippen LogP contribution in [0.1, 0.15) is 16.8 Å². The number of ether oxygens (including phenoxy) is 4. The Labute approximate surface area is 155 Å². The Hall–Kier alpha value is -3.01. The van der Waals surface area contributed by atoms with Crippen molar-refractivity contribution in [1.29, 1.82) is 0 Å². The number of benzene rings is 1. The van der Waals surface area contributed by atoms with Crippen molar-refractivity contribution in [1.82, 2.24) is 4.90 Å². The lowest BCUT2D eigenvalue weighted by Gasteiger charge is -2.50. The van der Waals surface area contributed by atoms with Gasteiger partial charge in [-0.15, -0.1) is 0 Å². The molecular formula is C17H20N2O8. The molecule has 10 nitrogen and oxygen atoms in total. The Morgan fingerprint density at radius 1 is 1.22 bits per heavy atom. The van der Waals surface area contributed by atoms with E-state index in [-0.39, 0.29) is 18.9 Å². The van der Waals surface area contributed by atoms with E-state index in [9.17, 15) is 19.5 Å². The van der Waals surface area contributed by atoms with Crippen LogP contribution in [0.3, 0.4) is 0 Å². The van der Waals surface area contributed by atoms with Crippen molar-refractivity contribution >= 4 is 23.5 Å². The summed E-state index contributed by atoms with van der Waals surface area (Å²) in [6.45, 7) is -0.594. The molecule has 1 aromatic rings. The fourth-order valence-corrected chi connectivity index (χ4v) is 3.43. The zero-order valence-corrected chi connectivity index (χ0v) is 15.2. The van der Waals surface area contributed by atoms with Gasteiger partial charge < -0.3 is 33.9 Å². The highest BCUT2D eigenvalue weighted by molar-refractivity contribution is 6.08. The fraction of sp³-hybridized carbons (Fsp3) is 0.471. The number of amides is 1. The van der Waals surface area contributed by atoms with Gasteiger partial charge in [-0.05, 0) is 6.07 Å². The fourth-order valence-electron chi connectivity index (χ4n) is 3.43. The van der Waals surface area contributed by atoms with Crippen LogP contribution in [0.2, 0.25) is 0 Å². The molecule has 0 aliphatic carbocycles. The lowest BCUT2D eigenvalue weighted by Crippen LogP contribution is -2.70.